The summed E-state index contributed by atoms with van der Waals surface area (Å²) in [4.78, 5) is 14.6. The number of carbonyl (C=O) groups is 1. The minimum atomic E-state index is -0.0104. The minimum Gasteiger partial charge on any atom is -0.372 e. The minimum absolute atomic E-state index is 0.0104. The maximum atomic E-state index is 12.7. The molecule has 2 heterocycles. The van der Waals surface area contributed by atoms with Crippen molar-refractivity contribution in [3.8, 4) is 0 Å². The summed E-state index contributed by atoms with van der Waals surface area (Å²) in [7, 11) is 1.86. The van der Waals surface area contributed by atoms with E-state index in [2.05, 4.69) is 5.10 Å². The number of benzene rings is 1. The van der Waals surface area contributed by atoms with Gasteiger partial charge in [0.1, 0.15) is 0 Å². The van der Waals surface area contributed by atoms with Crippen molar-refractivity contribution in [3.63, 3.8) is 0 Å². The number of hydrogen-bond acceptors (Lipinski definition) is 3. The Kier molecular flexibility index (Phi) is 3.22. The van der Waals surface area contributed by atoms with Crippen molar-refractivity contribution in [1.29, 1.82) is 0 Å². The number of amides is 1. The lowest BCUT2D eigenvalue weighted by atomic mass is 10.1. The van der Waals surface area contributed by atoms with E-state index in [1.807, 2.05) is 50.1 Å². The Hall–Kier alpha value is -1.88. The van der Waals surface area contributed by atoms with E-state index in [0.717, 1.165) is 10.9 Å². The van der Waals surface area contributed by atoms with Crippen LogP contribution in [-0.4, -0.2) is 45.9 Å². The number of carbonyl (C=O) groups excluding carboxylic acids is 1. The molecule has 1 saturated heterocycles. The van der Waals surface area contributed by atoms with Gasteiger partial charge in [-0.1, -0.05) is 18.2 Å². The van der Waals surface area contributed by atoms with E-state index in [-0.39, 0.29) is 18.1 Å². The summed E-state index contributed by atoms with van der Waals surface area (Å²) >= 11 is 0. The van der Waals surface area contributed by atoms with Gasteiger partial charge in [-0.15, -0.1) is 0 Å². The van der Waals surface area contributed by atoms with E-state index in [1.165, 1.54) is 0 Å². The van der Waals surface area contributed by atoms with Gasteiger partial charge in [0.05, 0.1) is 17.7 Å². The van der Waals surface area contributed by atoms with Crippen molar-refractivity contribution in [2.75, 3.05) is 13.1 Å². The number of nitrogens with zero attached hydrogens (tertiary/aromatic N) is 3. The molecule has 0 spiro atoms. The molecule has 5 heteroatoms. The van der Waals surface area contributed by atoms with Gasteiger partial charge < -0.3 is 9.64 Å². The highest BCUT2D eigenvalue weighted by Gasteiger charge is 2.29. The van der Waals surface area contributed by atoms with Gasteiger partial charge in [-0.25, -0.2) is 0 Å². The second-order valence-corrected chi connectivity index (χ2v) is 5.46. The number of para-hydroxylation sites is 1. The zero-order valence-corrected chi connectivity index (χ0v) is 12.0. The Morgan fingerprint density at radius 2 is 1.90 bits per heavy atom. The highest BCUT2D eigenvalue weighted by atomic mass is 16.5. The summed E-state index contributed by atoms with van der Waals surface area (Å²) < 4.78 is 7.44. The number of aromatic nitrogens is 2. The van der Waals surface area contributed by atoms with Crippen LogP contribution in [0.2, 0.25) is 0 Å². The average Bonchev–Trinajstić information content (AvgIpc) is 2.75. The van der Waals surface area contributed by atoms with Crippen LogP contribution in [0, 0.1) is 0 Å². The fraction of sp³-hybridized carbons (Fsp3) is 0.467. The smallest absolute Gasteiger partial charge is 0.275 e. The number of aryl methyl sites for hydroxylation is 1. The molecule has 0 bridgehead atoms. The van der Waals surface area contributed by atoms with Gasteiger partial charge in [0, 0.05) is 25.5 Å². The number of rotatable bonds is 1. The van der Waals surface area contributed by atoms with E-state index in [4.69, 9.17) is 4.74 Å². The molecule has 1 aromatic heterocycles. The Bertz CT molecular complexity index is 640. The van der Waals surface area contributed by atoms with Gasteiger partial charge in [-0.05, 0) is 19.9 Å². The Morgan fingerprint density at radius 3 is 2.60 bits per heavy atom. The largest absolute Gasteiger partial charge is 0.372 e. The first-order chi connectivity index (χ1) is 9.56. The van der Waals surface area contributed by atoms with Crippen LogP contribution >= 0.6 is 0 Å². The number of fused-ring (bicyclic) bond motifs is 1. The van der Waals surface area contributed by atoms with E-state index in [0.29, 0.717) is 18.8 Å². The molecule has 1 amide bonds. The quantitative estimate of drug-likeness (QED) is 0.796. The van der Waals surface area contributed by atoms with Gasteiger partial charge in [0.15, 0.2) is 5.69 Å². The van der Waals surface area contributed by atoms with Crippen LogP contribution in [0.15, 0.2) is 24.3 Å². The van der Waals surface area contributed by atoms with Crippen LogP contribution in [0.3, 0.4) is 0 Å². The molecule has 106 valence electrons. The first-order valence-electron chi connectivity index (χ1n) is 6.92. The standard InChI is InChI=1S/C15H19N3O2/c1-10-8-18(9-11(2)20-10)15(19)14-12-6-4-5-7-13(12)17(3)16-14/h4-7,10-11H,8-9H2,1-3H3. The molecule has 0 aliphatic carbocycles. The van der Waals surface area contributed by atoms with E-state index < -0.39 is 0 Å². The highest BCUT2D eigenvalue weighted by molar-refractivity contribution is 6.04. The van der Waals surface area contributed by atoms with Gasteiger partial charge >= 0.3 is 0 Å². The van der Waals surface area contributed by atoms with Gasteiger partial charge in [-0.3, -0.25) is 9.48 Å². The van der Waals surface area contributed by atoms with E-state index in [9.17, 15) is 4.79 Å². The Morgan fingerprint density at radius 1 is 1.25 bits per heavy atom. The van der Waals surface area contributed by atoms with Crippen LogP contribution in [0.1, 0.15) is 24.3 Å². The molecule has 1 aliphatic heterocycles. The second-order valence-electron chi connectivity index (χ2n) is 5.46. The summed E-state index contributed by atoms with van der Waals surface area (Å²) in [5, 5.41) is 5.31. The van der Waals surface area contributed by atoms with Gasteiger partial charge in [0.2, 0.25) is 0 Å². The van der Waals surface area contributed by atoms with Crippen molar-refractivity contribution in [2.45, 2.75) is 26.1 Å². The van der Waals surface area contributed by atoms with Gasteiger partial charge in [-0.2, -0.15) is 5.10 Å². The number of hydrogen-bond donors (Lipinski definition) is 0. The normalized spacial score (nSPS) is 23.2. The highest BCUT2D eigenvalue weighted by Crippen LogP contribution is 2.21. The predicted molar refractivity (Wildman–Crippen MR) is 76.6 cm³/mol. The van der Waals surface area contributed by atoms with Crippen LogP contribution in [0.4, 0.5) is 0 Å². The molecular weight excluding hydrogens is 254 g/mol. The van der Waals surface area contributed by atoms with Crippen molar-refractivity contribution in [1.82, 2.24) is 14.7 Å². The topological polar surface area (TPSA) is 47.4 Å². The fourth-order valence-electron chi connectivity index (χ4n) is 2.87. The summed E-state index contributed by atoms with van der Waals surface area (Å²) in [6.07, 6.45) is 0.135. The maximum Gasteiger partial charge on any atom is 0.275 e. The first-order valence-corrected chi connectivity index (χ1v) is 6.92. The molecule has 1 aliphatic rings. The third-order valence-corrected chi connectivity index (χ3v) is 3.67. The molecule has 1 fully saturated rings. The van der Waals surface area contributed by atoms with E-state index in [1.54, 1.807) is 4.68 Å². The second kappa shape index (κ2) is 4.90. The Labute approximate surface area is 118 Å². The number of morpholine rings is 1. The van der Waals surface area contributed by atoms with Crippen LogP contribution in [0.25, 0.3) is 10.9 Å². The molecule has 0 radical (unpaired) electrons. The molecule has 20 heavy (non-hydrogen) atoms. The molecule has 2 unspecified atom stereocenters. The van der Waals surface area contributed by atoms with Crippen molar-refractivity contribution >= 4 is 16.8 Å². The Balaban J connectivity index is 1.96. The van der Waals surface area contributed by atoms with E-state index >= 15 is 0 Å². The molecule has 0 saturated carbocycles. The zero-order valence-electron chi connectivity index (χ0n) is 12.0. The third-order valence-electron chi connectivity index (χ3n) is 3.67. The average molecular weight is 273 g/mol. The zero-order chi connectivity index (χ0) is 14.3. The monoisotopic (exact) mass is 273 g/mol. The summed E-state index contributed by atoms with van der Waals surface area (Å²) in [6, 6.07) is 7.81. The van der Waals surface area contributed by atoms with Gasteiger partial charge in [0.25, 0.3) is 5.91 Å². The molecule has 0 N–H and O–H groups in total. The molecule has 1 aromatic carbocycles. The van der Waals surface area contributed by atoms with Crippen LogP contribution < -0.4 is 0 Å². The lowest BCUT2D eigenvalue weighted by molar-refractivity contribution is -0.0587. The first kappa shape index (κ1) is 13.1. The van der Waals surface area contributed by atoms with Crippen molar-refractivity contribution in [3.05, 3.63) is 30.0 Å². The van der Waals surface area contributed by atoms with Crippen molar-refractivity contribution < 1.29 is 9.53 Å². The SMILES string of the molecule is CC1CN(C(=O)c2nn(C)c3ccccc23)CC(C)O1. The predicted octanol–water partition coefficient (Wildman–Crippen LogP) is 1.82. The summed E-state index contributed by atoms with van der Waals surface area (Å²) in [5.74, 6) is -0.0104. The number of ether oxygens (including phenoxy) is 1. The molecule has 3 rings (SSSR count). The lowest BCUT2D eigenvalue weighted by Gasteiger charge is -2.34. The summed E-state index contributed by atoms with van der Waals surface area (Å²) in [5.41, 5.74) is 1.51. The summed E-state index contributed by atoms with van der Waals surface area (Å²) in [6.45, 7) is 5.22. The lowest BCUT2D eigenvalue weighted by Crippen LogP contribution is -2.48. The molecule has 5 nitrogen and oxygen atoms in total. The van der Waals surface area contributed by atoms with Crippen LogP contribution in [-0.2, 0) is 11.8 Å². The van der Waals surface area contributed by atoms with Crippen molar-refractivity contribution in [2.24, 2.45) is 7.05 Å². The fourth-order valence-corrected chi connectivity index (χ4v) is 2.87. The molecule has 2 atom stereocenters. The molecule has 2 aromatic rings. The maximum absolute atomic E-state index is 12.7. The third kappa shape index (κ3) is 2.18. The molecular formula is C15H19N3O2. The van der Waals surface area contributed by atoms with Crippen LogP contribution in [0.5, 0.6) is 0 Å².